The molecule has 8 heteroatoms. The predicted molar refractivity (Wildman–Crippen MR) is 137 cm³/mol. The molecule has 0 aliphatic rings. The molecule has 1 heterocycles. The number of nitrogens with one attached hydrogen (secondary N) is 1. The molecule has 172 valence electrons. The summed E-state index contributed by atoms with van der Waals surface area (Å²) in [6.07, 6.45) is 1.71. The lowest BCUT2D eigenvalue weighted by molar-refractivity contribution is 0.269. The number of aromatic nitrogens is 2. The van der Waals surface area contributed by atoms with E-state index in [9.17, 15) is 5.26 Å². The van der Waals surface area contributed by atoms with Crippen LogP contribution in [-0.2, 0) is 6.61 Å². The second kappa shape index (κ2) is 10.6. The monoisotopic (exact) mass is 537 g/mol. The third-order valence-corrected chi connectivity index (χ3v) is 5.81. The fourth-order valence-electron chi connectivity index (χ4n) is 3.37. The fourth-order valence-corrected chi connectivity index (χ4v) is 3.91. The Kier molecular flexibility index (Phi) is 7.41. The number of H-pyrrole nitrogens is 1. The summed E-state index contributed by atoms with van der Waals surface area (Å²) >= 11 is 10.00. The highest BCUT2D eigenvalue weighted by atomic mass is 79.9. The third kappa shape index (κ3) is 5.36. The Bertz CT molecular complexity index is 1390. The molecular weight excluding hydrogens is 518 g/mol. The highest BCUT2D eigenvalue weighted by molar-refractivity contribution is 9.10. The van der Waals surface area contributed by atoms with E-state index in [0.29, 0.717) is 52.4 Å². The van der Waals surface area contributed by atoms with Gasteiger partial charge in [0, 0.05) is 10.5 Å². The Morgan fingerprint density at radius 1 is 1.15 bits per heavy atom. The summed E-state index contributed by atoms with van der Waals surface area (Å²) in [4.78, 5) is 7.70. The average molecular weight is 539 g/mol. The van der Waals surface area contributed by atoms with Crippen molar-refractivity contribution in [3.05, 3.63) is 81.0 Å². The molecule has 4 rings (SSSR count). The summed E-state index contributed by atoms with van der Waals surface area (Å²) in [5, 5.41) is 10.2. The number of fused-ring (bicyclic) bond motifs is 1. The van der Waals surface area contributed by atoms with Crippen LogP contribution in [0.2, 0.25) is 5.02 Å². The van der Waals surface area contributed by atoms with E-state index in [0.717, 1.165) is 21.1 Å². The first-order chi connectivity index (χ1) is 16.5. The van der Waals surface area contributed by atoms with Crippen LogP contribution in [0.1, 0.15) is 23.9 Å². The Morgan fingerprint density at radius 2 is 1.94 bits per heavy atom. The van der Waals surface area contributed by atoms with Gasteiger partial charge in [0.25, 0.3) is 0 Å². The molecule has 0 spiro atoms. The van der Waals surface area contributed by atoms with Gasteiger partial charge in [0.2, 0.25) is 0 Å². The van der Waals surface area contributed by atoms with E-state index >= 15 is 0 Å². The van der Waals surface area contributed by atoms with Crippen LogP contribution >= 0.6 is 27.5 Å². The van der Waals surface area contributed by atoms with Gasteiger partial charge in [0.1, 0.15) is 24.3 Å². The minimum atomic E-state index is 0.341. The quantitative estimate of drug-likeness (QED) is 0.244. The van der Waals surface area contributed by atoms with Crippen LogP contribution in [0.5, 0.6) is 17.2 Å². The van der Waals surface area contributed by atoms with Gasteiger partial charge in [-0.25, -0.2) is 4.98 Å². The highest BCUT2D eigenvalue weighted by Gasteiger charge is 2.14. The number of methoxy groups -OCH3 is 1. The number of nitriles is 1. The largest absolute Gasteiger partial charge is 0.497 e. The van der Waals surface area contributed by atoms with E-state index < -0.39 is 0 Å². The molecule has 0 bridgehead atoms. The number of aromatic amines is 1. The summed E-state index contributed by atoms with van der Waals surface area (Å²) in [5.41, 5.74) is 3.57. The summed E-state index contributed by atoms with van der Waals surface area (Å²) < 4.78 is 18.0. The molecule has 4 aromatic rings. The first-order valence-electron chi connectivity index (χ1n) is 10.5. The summed E-state index contributed by atoms with van der Waals surface area (Å²) in [5.74, 6) is 2.12. The van der Waals surface area contributed by atoms with Crippen molar-refractivity contribution >= 4 is 50.2 Å². The lowest BCUT2D eigenvalue weighted by atomic mass is 10.1. The molecule has 34 heavy (non-hydrogen) atoms. The smallest absolute Gasteiger partial charge is 0.180 e. The van der Waals surface area contributed by atoms with Gasteiger partial charge < -0.3 is 19.2 Å². The zero-order valence-electron chi connectivity index (χ0n) is 18.6. The molecule has 1 N–H and O–H groups in total. The molecule has 6 nitrogen and oxygen atoms in total. The van der Waals surface area contributed by atoms with E-state index in [4.69, 9.17) is 25.8 Å². The number of benzene rings is 3. The molecule has 0 radical (unpaired) electrons. The molecule has 0 saturated heterocycles. The van der Waals surface area contributed by atoms with Gasteiger partial charge in [-0.3, -0.25) is 0 Å². The summed E-state index contributed by atoms with van der Waals surface area (Å²) in [6.45, 7) is 2.67. The molecule has 0 aliphatic heterocycles. The van der Waals surface area contributed by atoms with Crippen molar-refractivity contribution in [2.45, 2.75) is 13.5 Å². The Hall–Kier alpha value is -3.47. The van der Waals surface area contributed by atoms with Crippen LogP contribution in [0.4, 0.5) is 0 Å². The van der Waals surface area contributed by atoms with Crippen molar-refractivity contribution in [1.29, 1.82) is 5.26 Å². The zero-order chi connectivity index (χ0) is 24.1. The zero-order valence-corrected chi connectivity index (χ0v) is 20.9. The van der Waals surface area contributed by atoms with Gasteiger partial charge in [0.15, 0.2) is 11.5 Å². The number of allylic oxidation sites excluding steroid dienone is 1. The Balaban J connectivity index is 1.65. The van der Waals surface area contributed by atoms with E-state index in [1.165, 1.54) is 0 Å². The van der Waals surface area contributed by atoms with Crippen molar-refractivity contribution in [2.24, 2.45) is 0 Å². The number of halogens is 2. The number of nitrogens with zero attached hydrogens (tertiary/aromatic N) is 2. The molecule has 0 atom stereocenters. The molecule has 0 fully saturated rings. The SMILES string of the molecule is CCOc1cc(/C=C(/C#N)c2nc3ccc(OC)cc3[nH]2)cc(Cl)c1OCc1ccc(Br)cc1. The minimum Gasteiger partial charge on any atom is -0.497 e. The second-order valence-corrected chi connectivity index (χ2v) is 8.64. The predicted octanol–water partition coefficient (Wildman–Crippen LogP) is 7.03. The van der Waals surface area contributed by atoms with Crippen LogP contribution in [0.25, 0.3) is 22.7 Å². The minimum absolute atomic E-state index is 0.341. The normalized spacial score (nSPS) is 11.3. The van der Waals surface area contributed by atoms with Gasteiger partial charge >= 0.3 is 0 Å². The Morgan fingerprint density at radius 3 is 2.65 bits per heavy atom. The maximum absolute atomic E-state index is 9.80. The lowest BCUT2D eigenvalue weighted by Crippen LogP contribution is -2.01. The number of hydrogen-bond donors (Lipinski definition) is 1. The van der Waals surface area contributed by atoms with Gasteiger partial charge in [-0.15, -0.1) is 0 Å². The van der Waals surface area contributed by atoms with Crippen LogP contribution in [0.3, 0.4) is 0 Å². The third-order valence-electron chi connectivity index (χ3n) is 5.00. The summed E-state index contributed by atoms with van der Waals surface area (Å²) in [6, 6.07) is 19.1. The first kappa shape index (κ1) is 23.7. The lowest BCUT2D eigenvalue weighted by Gasteiger charge is -2.15. The summed E-state index contributed by atoms with van der Waals surface area (Å²) in [7, 11) is 1.60. The molecule has 0 amide bonds. The van der Waals surface area contributed by atoms with Crippen molar-refractivity contribution in [1.82, 2.24) is 9.97 Å². The topological polar surface area (TPSA) is 80.2 Å². The molecular formula is C26H21BrClN3O3. The first-order valence-corrected chi connectivity index (χ1v) is 11.7. The maximum Gasteiger partial charge on any atom is 0.180 e. The number of rotatable bonds is 8. The van der Waals surface area contributed by atoms with Crippen LogP contribution < -0.4 is 14.2 Å². The van der Waals surface area contributed by atoms with Gasteiger partial charge in [0.05, 0.1) is 35.3 Å². The van der Waals surface area contributed by atoms with Crippen LogP contribution in [0.15, 0.2) is 59.1 Å². The standard InChI is InChI=1S/C26H21BrClN3O3/c1-3-33-24-12-17(11-21(28)25(24)34-15-16-4-6-19(27)7-5-16)10-18(14-29)26-30-22-9-8-20(32-2)13-23(22)31-26/h4-13H,3,15H2,1-2H3,(H,30,31)/b18-10-. The second-order valence-electron chi connectivity index (χ2n) is 7.32. The fraction of sp³-hybridized carbons (Fsp3) is 0.154. The number of ether oxygens (including phenoxy) is 3. The van der Waals surface area contributed by atoms with Gasteiger partial charge in [-0.1, -0.05) is 39.7 Å². The molecule has 0 saturated carbocycles. The van der Waals surface area contributed by atoms with Crippen molar-refractivity contribution < 1.29 is 14.2 Å². The van der Waals surface area contributed by atoms with E-state index in [-0.39, 0.29) is 0 Å². The van der Waals surface area contributed by atoms with Crippen LogP contribution in [0, 0.1) is 11.3 Å². The van der Waals surface area contributed by atoms with Crippen molar-refractivity contribution in [3.8, 4) is 23.3 Å². The van der Waals surface area contributed by atoms with Gasteiger partial charge in [-0.05, 0) is 60.5 Å². The Labute approximate surface area is 210 Å². The van der Waals surface area contributed by atoms with E-state index in [1.807, 2.05) is 49.4 Å². The van der Waals surface area contributed by atoms with Crippen molar-refractivity contribution in [2.75, 3.05) is 13.7 Å². The molecule has 3 aromatic carbocycles. The van der Waals surface area contributed by atoms with Gasteiger partial charge in [-0.2, -0.15) is 5.26 Å². The molecule has 0 aliphatic carbocycles. The highest BCUT2D eigenvalue weighted by Crippen LogP contribution is 2.38. The molecule has 0 unspecified atom stereocenters. The van der Waals surface area contributed by atoms with E-state index in [1.54, 1.807) is 25.3 Å². The maximum atomic E-state index is 9.80. The number of hydrogen-bond acceptors (Lipinski definition) is 5. The number of imidazole rings is 1. The molecule has 1 aromatic heterocycles. The van der Waals surface area contributed by atoms with Crippen LogP contribution in [-0.4, -0.2) is 23.7 Å². The average Bonchev–Trinajstić information content (AvgIpc) is 3.26. The van der Waals surface area contributed by atoms with Crippen molar-refractivity contribution in [3.63, 3.8) is 0 Å². The van der Waals surface area contributed by atoms with E-state index in [2.05, 4.69) is 32.0 Å².